The van der Waals surface area contributed by atoms with Gasteiger partial charge in [-0.2, -0.15) is 0 Å². The maximum atomic E-state index is 12.5. The Kier molecular flexibility index (Phi) is 4.49. The lowest BCUT2D eigenvalue weighted by atomic mass is 9.92. The van der Waals surface area contributed by atoms with E-state index in [0.717, 1.165) is 51.2 Å². The molecule has 4 heteroatoms. The van der Waals surface area contributed by atoms with Crippen molar-refractivity contribution in [2.75, 3.05) is 26.2 Å². The molecule has 2 heterocycles. The van der Waals surface area contributed by atoms with Crippen molar-refractivity contribution in [1.82, 2.24) is 9.80 Å². The molecular formula is C14H27N3O. The van der Waals surface area contributed by atoms with Crippen LogP contribution in [0.4, 0.5) is 4.79 Å². The Morgan fingerprint density at radius 1 is 1.11 bits per heavy atom. The van der Waals surface area contributed by atoms with Crippen LogP contribution in [0.3, 0.4) is 0 Å². The third kappa shape index (κ3) is 2.97. The molecule has 104 valence electrons. The summed E-state index contributed by atoms with van der Waals surface area (Å²) in [6.45, 7) is 7.85. The first-order valence-electron chi connectivity index (χ1n) is 7.37. The van der Waals surface area contributed by atoms with Crippen LogP contribution in [0.1, 0.15) is 39.5 Å². The van der Waals surface area contributed by atoms with Crippen molar-refractivity contribution in [1.29, 1.82) is 0 Å². The summed E-state index contributed by atoms with van der Waals surface area (Å²) in [7, 11) is 0. The maximum Gasteiger partial charge on any atom is 0.320 e. The summed E-state index contributed by atoms with van der Waals surface area (Å²) in [5.74, 6) is 1.46. The van der Waals surface area contributed by atoms with Gasteiger partial charge in [-0.3, -0.25) is 0 Å². The monoisotopic (exact) mass is 253 g/mol. The molecule has 2 amide bonds. The summed E-state index contributed by atoms with van der Waals surface area (Å²) in [6, 6.07) is 0.477. The summed E-state index contributed by atoms with van der Waals surface area (Å²) < 4.78 is 0. The first kappa shape index (κ1) is 13.7. The van der Waals surface area contributed by atoms with E-state index in [1.54, 1.807) is 0 Å². The molecule has 2 aliphatic heterocycles. The molecule has 2 fully saturated rings. The van der Waals surface area contributed by atoms with Gasteiger partial charge < -0.3 is 15.5 Å². The number of piperidine rings is 2. The minimum Gasteiger partial charge on any atom is -0.328 e. The van der Waals surface area contributed by atoms with Gasteiger partial charge in [0.25, 0.3) is 0 Å². The maximum absolute atomic E-state index is 12.5. The second-order valence-corrected chi connectivity index (χ2v) is 6.16. The van der Waals surface area contributed by atoms with Crippen LogP contribution >= 0.6 is 0 Å². The van der Waals surface area contributed by atoms with Crippen LogP contribution in [0.2, 0.25) is 0 Å². The molecule has 0 spiro atoms. The predicted molar refractivity (Wildman–Crippen MR) is 73.3 cm³/mol. The number of urea groups is 1. The fourth-order valence-electron chi connectivity index (χ4n) is 3.11. The van der Waals surface area contributed by atoms with Crippen LogP contribution in [-0.4, -0.2) is 48.1 Å². The van der Waals surface area contributed by atoms with Gasteiger partial charge in [-0.25, -0.2) is 4.79 Å². The van der Waals surface area contributed by atoms with Gasteiger partial charge in [0, 0.05) is 32.2 Å². The molecule has 0 radical (unpaired) electrons. The molecule has 2 unspecified atom stereocenters. The number of likely N-dealkylation sites (tertiary alicyclic amines) is 2. The van der Waals surface area contributed by atoms with Crippen LogP contribution in [0.15, 0.2) is 0 Å². The normalized spacial score (nSPS) is 30.6. The van der Waals surface area contributed by atoms with Gasteiger partial charge in [0.2, 0.25) is 0 Å². The minimum atomic E-state index is 0.226. The zero-order valence-corrected chi connectivity index (χ0v) is 11.8. The first-order valence-corrected chi connectivity index (χ1v) is 7.37. The fraction of sp³-hybridized carbons (Fsp3) is 0.929. The molecule has 2 rings (SSSR count). The number of rotatable bonds is 1. The van der Waals surface area contributed by atoms with Crippen molar-refractivity contribution in [3.05, 3.63) is 0 Å². The van der Waals surface area contributed by atoms with Crippen molar-refractivity contribution in [3.63, 3.8) is 0 Å². The van der Waals surface area contributed by atoms with Crippen LogP contribution in [0.5, 0.6) is 0 Å². The molecule has 0 aromatic heterocycles. The molecule has 0 saturated carbocycles. The molecule has 0 aromatic carbocycles. The van der Waals surface area contributed by atoms with E-state index in [-0.39, 0.29) is 12.1 Å². The number of carbonyl (C=O) groups is 1. The number of nitrogens with zero attached hydrogens (tertiary/aromatic N) is 2. The van der Waals surface area contributed by atoms with Crippen molar-refractivity contribution in [2.45, 2.75) is 45.6 Å². The zero-order valence-electron chi connectivity index (χ0n) is 11.8. The highest BCUT2D eigenvalue weighted by atomic mass is 16.2. The summed E-state index contributed by atoms with van der Waals surface area (Å²) in [5.41, 5.74) is 5.83. The van der Waals surface area contributed by atoms with Gasteiger partial charge >= 0.3 is 6.03 Å². The third-order valence-corrected chi connectivity index (χ3v) is 4.55. The predicted octanol–water partition coefficient (Wildman–Crippen LogP) is 1.90. The van der Waals surface area contributed by atoms with Gasteiger partial charge in [0.1, 0.15) is 0 Å². The number of hydrogen-bond acceptors (Lipinski definition) is 2. The topological polar surface area (TPSA) is 49.6 Å². The summed E-state index contributed by atoms with van der Waals surface area (Å²) >= 11 is 0. The molecule has 0 aromatic rings. The van der Waals surface area contributed by atoms with E-state index in [1.165, 1.54) is 0 Å². The standard InChI is InChI=1S/C14H27N3O/c1-11-3-6-16(7-4-11)14(18)17-8-5-12(2)9-13(17)10-15/h11-13H,3-10,15H2,1-2H3. The molecule has 18 heavy (non-hydrogen) atoms. The second-order valence-electron chi connectivity index (χ2n) is 6.16. The molecule has 2 aliphatic rings. The molecule has 2 saturated heterocycles. The molecule has 0 aliphatic carbocycles. The van der Waals surface area contributed by atoms with E-state index in [0.29, 0.717) is 12.5 Å². The van der Waals surface area contributed by atoms with Crippen molar-refractivity contribution in [2.24, 2.45) is 17.6 Å². The second kappa shape index (κ2) is 5.91. The number of amides is 2. The van der Waals surface area contributed by atoms with Gasteiger partial charge in [-0.05, 0) is 37.5 Å². The van der Waals surface area contributed by atoms with Crippen LogP contribution in [-0.2, 0) is 0 Å². The Balaban J connectivity index is 1.95. The largest absolute Gasteiger partial charge is 0.328 e. The summed E-state index contributed by atoms with van der Waals surface area (Å²) in [5, 5.41) is 0. The summed E-state index contributed by atoms with van der Waals surface area (Å²) in [4.78, 5) is 16.6. The highest BCUT2D eigenvalue weighted by Gasteiger charge is 2.32. The van der Waals surface area contributed by atoms with Gasteiger partial charge in [0.05, 0.1) is 0 Å². The van der Waals surface area contributed by atoms with Crippen LogP contribution in [0, 0.1) is 11.8 Å². The minimum absolute atomic E-state index is 0.226. The van der Waals surface area contributed by atoms with Crippen molar-refractivity contribution >= 4 is 6.03 Å². The Bertz CT molecular complexity index is 287. The van der Waals surface area contributed by atoms with Crippen LogP contribution < -0.4 is 5.73 Å². The van der Waals surface area contributed by atoms with E-state index >= 15 is 0 Å². The Morgan fingerprint density at radius 2 is 1.72 bits per heavy atom. The first-order chi connectivity index (χ1) is 8.61. The van der Waals surface area contributed by atoms with Crippen LogP contribution in [0.25, 0.3) is 0 Å². The van der Waals surface area contributed by atoms with Gasteiger partial charge in [-0.15, -0.1) is 0 Å². The highest BCUT2D eigenvalue weighted by Crippen LogP contribution is 2.24. The Morgan fingerprint density at radius 3 is 2.33 bits per heavy atom. The van der Waals surface area contributed by atoms with Gasteiger partial charge in [-0.1, -0.05) is 13.8 Å². The number of hydrogen-bond donors (Lipinski definition) is 1. The van der Waals surface area contributed by atoms with Gasteiger partial charge in [0.15, 0.2) is 0 Å². The quantitative estimate of drug-likeness (QED) is 0.776. The molecule has 2 atom stereocenters. The fourth-order valence-corrected chi connectivity index (χ4v) is 3.11. The average molecular weight is 253 g/mol. The lowest BCUT2D eigenvalue weighted by Gasteiger charge is -2.42. The SMILES string of the molecule is CC1CCN(C(=O)N2CCC(C)CC2CN)CC1. The van der Waals surface area contributed by atoms with E-state index in [2.05, 4.69) is 13.8 Å². The smallest absolute Gasteiger partial charge is 0.320 e. The lowest BCUT2D eigenvalue weighted by molar-refractivity contribution is 0.0932. The lowest BCUT2D eigenvalue weighted by Crippen LogP contribution is -2.55. The third-order valence-electron chi connectivity index (χ3n) is 4.55. The highest BCUT2D eigenvalue weighted by molar-refractivity contribution is 5.75. The summed E-state index contributed by atoms with van der Waals surface area (Å²) in [6.07, 6.45) is 4.46. The number of nitrogens with two attached hydrogens (primary N) is 1. The number of carbonyl (C=O) groups excluding carboxylic acids is 1. The molecule has 4 nitrogen and oxygen atoms in total. The Labute approximate surface area is 110 Å². The molecule has 2 N–H and O–H groups in total. The van der Waals surface area contributed by atoms with E-state index < -0.39 is 0 Å². The molecular weight excluding hydrogens is 226 g/mol. The Hall–Kier alpha value is -0.770. The average Bonchev–Trinajstić information content (AvgIpc) is 2.38. The van der Waals surface area contributed by atoms with Crippen molar-refractivity contribution in [3.8, 4) is 0 Å². The molecule has 0 bridgehead atoms. The van der Waals surface area contributed by atoms with E-state index in [1.807, 2.05) is 9.80 Å². The van der Waals surface area contributed by atoms with E-state index in [9.17, 15) is 4.79 Å². The zero-order chi connectivity index (χ0) is 13.1. The van der Waals surface area contributed by atoms with Crippen molar-refractivity contribution < 1.29 is 4.79 Å². The van der Waals surface area contributed by atoms with E-state index in [4.69, 9.17) is 5.73 Å².